The Kier molecular flexibility index (Phi) is 6.53. The number of hydrogen-bond donors (Lipinski definition) is 1. The fraction of sp³-hybridized carbons (Fsp3) is 0.333. The van der Waals surface area contributed by atoms with Gasteiger partial charge in [0.1, 0.15) is 6.04 Å². The normalized spacial score (nSPS) is 22.9. The van der Waals surface area contributed by atoms with Gasteiger partial charge in [-0.25, -0.2) is 4.79 Å². The molecule has 4 aliphatic rings. The Labute approximate surface area is 233 Å². The van der Waals surface area contributed by atoms with Crippen molar-refractivity contribution in [2.24, 2.45) is 17.8 Å². The summed E-state index contributed by atoms with van der Waals surface area (Å²) in [5, 5.41) is 2.72. The largest absolute Gasteiger partial charge is 0.454 e. The molecule has 3 atom stereocenters. The second-order valence-corrected chi connectivity index (χ2v) is 11.5. The van der Waals surface area contributed by atoms with Crippen LogP contribution >= 0.6 is 0 Å². The number of likely N-dealkylation sites (tertiary alicyclic amines) is 1. The van der Waals surface area contributed by atoms with Crippen molar-refractivity contribution in [3.63, 3.8) is 0 Å². The summed E-state index contributed by atoms with van der Waals surface area (Å²) in [5.41, 5.74) is 5.89. The third kappa shape index (κ3) is 4.21. The number of esters is 1. The summed E-state index contributed by atoms with van der Waals surface area (Å²) in [6.45, 7) is 5.26. The summed E-state index contributed by atoms with van der Waals surface area (Å²) >= 11 is 0. The Hall–Kier alpha value is -4.26. The summed E-state index contributed by atoms with van der Waals surface area (Å²) in [5.74, 6) is -3.53. The van der Waals surface area contributed by atoms with Crippen molar-refractivity contribution in [3.8, 4) is 0 Å². The topological polar surface area (TPSA) is 92.8 Å². The number of rotatable bonds is 7. The van der Waals surface area contributed by atoms with Crippen LogP contribution in [0.3, 0.4) is 0 Å². The number of hydrogen-bond acceptors (Lipinski definition) is 5. The standard InChI is InChI=1S/C33H32N2O5/c1-18(2)15-25(33(39)40-17-26(36)34-20-10-8-9-19(3)16-20)35-31(37)29-27-21-11-4-5-12-22(21)28(30(29)32(35)38)24-14-7-6-13-23(24)27/h4-14,16,18,25,27-30H,15,17H2,1-3H3,(H,34,36)/t25-,27?,28?,29-,30+/m1/s1. The highest BCUT2D eigenvalue weighted by atomic mass is 16.5. The van der Waals surface area contributed by atoms with Crippen molar-refractivity contribution >= 4 is 29.4 Å². The van der Waals surface area contributed by atoms with E-state index in [1.807, 2.05) is 87.5 Å². The van der Waals surface area contributed by atoms with Gasteiger partial charge in [0, 0.05) is 17.5 Å². The molecule has 40 heavy (non-hydrogen) atoms. The van der Waals surface area contributed by atoms with Gasteiger partial charge in [-0.1, -0.05) is 74.5 Å². The van der Waals surface area contributed by atoms with Gasteiger partial charge in [0.2, 0.25) is 11.8 Å². The molecule has 3 aliphatic carbocycles. The molecule has 0 radical (unpaired) electrons. The fourth-order valence-corrected chi connectivity index (χ4v) is 6.91. The molecule has 1 fully saturated rings. The van der Waals surface area contributed by atoms with E-state index in [4.69, 9.17) is 4.74 Å². The van der Waals surface area contributed by atoms with Crippen molar-refractivity contribution in [2.75, 3.05) is 11.9 Å². The summed E-state index contributed by atoms with van der Waals surface area (Å²) in [7, 11) is 0. The molecule has 3 aromatic carbocycles. The number of aryl methyl sites for hydroxylation is 1. The van der Waals surface area contributed by atoms with Gasteiger partial charge in [0.05, 0.1) is 11.8 Å². The van der Waals surface area contributed by atoms with Crippen molar-refractivity contribution in [1.82, 2.24) is 4.90 Å². The zero-order valence-electron chi connectivity index (χ0n) is 22.8. The lowest BCUT2D eigenvalue weighted by molar-refractivity contribution is -0.160. The minimum absolute atomic E-state index is 0.00742. The predicted molar refractivity (Wildman–Crippen MR) is 149 cm³/mol. The van der Waals surface area contributed by atoms with E-state index in [9.17, 15) is 19.2 Å². The van der Waals surface area contributed by atoms with Crippen LogP contribution in [-0.2, 0) is 23.9 Å². The molecule has 0 saturated carbocycles. The zero-order valence-corrected chi connectivity index (χ0v) is 22.8. The molecule has 1 N–H and O–H groups in total. The van der Waals surface area contributed by atoms with Crippen LogP contribution in [0.15, 0.2) is 72.8 Å². The molecule has 7 heteroatoms. The van der Waals surface area contributed by atoms with Crippen molar-refractivity contribution < 1.29 is 23.9 Å². The zero-order chi connectivity index (χ0) is 28.1. The van der Waals surface area contributed by atoms with E-state index in [0.29, 0.717) is 5.69 Å². The molecule has 0 spiro atoms. The number of nitrogens with one attached hydrogen (secondary N) is 1. The maximum absolute atomic E-state index is 14.1. The third-order valence-corrected chi connectivity index (χ3v) is 8.41. The minimum Gasteiger partial charge on any atom is -0.454 e. The van der Waals surface area contributed by atoms with Crippen molar-refractivity contribution in [2.45, 2.75) is 45.1 Å². The van der Waals surface area contributed by atoms with Crippen LogP contribution in [0.25, 0.3) is 0 Å². The molecule has 204 valence electrons. The number of imide groups is 1. The number of anilines is 1. The van der Waals surface area contributed by atoms with E-state index in [1.165, 1.54) is 0 Å². The monoisotopic (exact) mass is 536 g/mol. The van der Waals surface area contributed by atoms with Gasteiger partial charge >= 0.3 is 5.97 Å². The van der Waals surface area contributed by atoms with Gasteiger partial charge in [0.15, 0.2) is 6.61 Å². The number of carbonyl (C=O) groups excluding carboxylic acids is 4. The highest BCUT2D eigenvalue weighted by molar-refractivity contribution is 6.10. The summed E-state index contributed by atoms with van der Waals surface area (Å²) in [6.07, 6.45) is 0.254. The first kappa shape index (κ1) is 26.0. The fourth-order valence-electron chi connectivity index (χ4n) is 6.91. The molecule has 0 aromatic heterocycles. The van der Waals surface area contributed by atoms with Crippen LogP contribution in [0.4, 0.5) is 5.69 Å². The third-order valence-electron chi connectivity index (χ3n) is 8.41. The average Bonchev–Trinajstić information content (AvgIpc) is 3.20. The van der Waals surface area contributed by atoms with Crippen LogP contribution < -0.4 is 5.32 Å². The van der Waals surface area contributed by atoms with E-state index >= 15 is 0 Å². The van der Waals surface area contributed by atoms with Crippen LogP contribution in [0, 0.1) is 24.7 Å². The van der Waals surface area contributed by atoms with E-state index in [0.717, 1.165) is 32.7 Å². The molecule has 1 saturated heterocycles. The van der Waals surface area contributed by atoms with Crippen molar-refractivity contribution in [1.29, 1.82) is 0 Å². The van der Waals surface area contributed by atoms with Gasteiger partial charge in [-0.15, -0.1) is 0 Å². The number of nitrogens with zero attached hydrogens (tertiary/aromatic N) is 1. The molecular weight excluding hydrogens is 504 g/mol. The lowest BCUT2D eigenvalue weighted by atomic mass is 9.55. The summed E-state index contributed by atoms with van der Waals surface area (Å²) in [6, 6.07) is 22.3. The summed E-state index contributed by atoms with van der Waals surface area (Å²) in [4.78, 5) is 55.4. The molecule has 3 amide bonds. The second-order valence-electron chi connectivity index (χ2n) is 11.5. The van der Waals surface area contributed by atoms with Crippen LogP contribution in [0.5, 0.6) is 0 Å². The SMILES string of the molecule is Cc1cccc(NC(=O)COC(=O)[C@@H](CC(C)C)N2C(=O)[C@@H]3C4c5ccccc5C(c5ccccc54)[C@@H]3C2=O)c1. The van der Waals surface area contributed by atoms with E-state index in [2.05, 4.69) is 5.32 Å². The Morgan fingerprint density at radius 2 is 1.35 bits per heavy atom. The molecule has 2 bridgehead atoms. The van der Waals surface area contributed by atoms with Crippen LogP contribution in [0.1, 0.15) is 59.9 Å². The Morgan fingerprint density at radius 1 is 0.825 bits per heavy atom. The first-order valence-corrected chi connectivity index (χ1v) is 13.8. The molecule has 0 unspecified atom stereocenters. The van der Waals surface area contributed by atoms with Gasteiger partial charge in [-0.2, -0.15) is 0 Å². The molecule has 7 nitrogen and oxygen atoms in total. The van der Waals surface area contributed by atoms with E-state index in [-0.39, 0.29) is 36.0 Å². The smallest absolute Gasteiger partial charge is 0.329 e. The lowest BCUT2D eigenvalue weighted by Crippen LogP contribution is -2.47. The Balaban J connectivity index is 1.27. The van der Waals surface area contributed by atoms with Crippen LogP contribution in [-0.4, -0.2) is 41.2 Å². The first-order chi connectivity index (χ1) is 19.3. The Bertz CT molecular complexity index is 1410. The predicted octanol–water partition coefficient (Wildman–Crippen LogP) is 4.78. The van der Waals surface area contributed by atoms with E-state index < -0.39 is 36.4 Å². The average molecular weight is 537 g/mol. The number of carbonyl (C=O) groups is 4. The van der Waals surface area contributed by atoms with Gasteiger partial charge in [-0.3, -0.25) is 19.3 Å². The van der Waals surface area contributed by atoms with Gasteiger partial charge in [-0.05, 0) is 59.2 Å². The minimum atomic E-state index is -1.09. The number of amides is 3. The quantitative estimate of drug-likeness (QED) is 0.347. The summed E-state index contributed by atoms with van der Waals surface area (Å²) < 4.78 is 5.43. The molecular formula is C33H32N2O5. The van der Waals surface area contributed by atoms with E-state index in [1.54, 1.807) is 6.07 Å². The molecule has 3 aromatic rings. The highest BCUT2D eigenvalue weighted by Gasteiger charge is 2.63. The first-order valence-electron chi connectivity index (χ1n) is 13.8. The molecule has 1 heterocycles. The maximum Gasteiger partial charge on any atom is 0.329 e. The number of ether oxygens (including phenoxy) is 1. The highest BCUT2D eigenvalue weighted by Crippen LogP contribution is 2.61. The van der Waals surface area contributed by atoms with Gasteiger partial charge < -0.3 is 10.1 Å². The Morgan fingerprint density at radius 3 is 1.82 bits per heavy atom. The van der Waals surface area contributed by atoms with Crippen LogP contribution in [0.2, 0.25) is 0 Å². The molecule has 7 rings (SSSR count). The lowest BCUT2D eigenvalue weighted by Gasteiger charge is -2.45. The van der Waals surface area contributed by atoms with Gasteiger partial charge in [0.25, 0.3) is 5.91 Å². The number of benzene rings is 3. The second kappa shape index (κ2) is 10.0. The molecule has 1 aliphatic heterocycles. The maximum atomic E-state index is 14.1. The van der Waals surface area contributed by atoms with Crippen molar-refractivity contribution in [3.05, 3.63) is 101 Å².